The third-order valence-electron chi connectivity index (χ3n) is 3.78. The van der Waals surface area contributed by atoms with E-state index in [2.05, 4.69) is 79.8 Å². The van der Waals surface area contributed by atoms with Crippen molar-refractivity contribution in [3.63, 3.8) is 0 Å². The highest BCUT2D eigenvalue weighted by Crippen LogP contribution is 2.27. The standard InChI is InChI=1S/C16H17IO.C7H8O3S/c1-16(2,3)18-13-10-8-12(9-11-13)14-6-4-5-7-15(14)17;1-6-2-4-7(5-3-6)11(8,9)10/h4-11H,1-3H3;2-5H,1H3,(H,8,9,10). The fraction of sp³-hybridized carbons (Fsp3) is 0.217. The van der Waals surface area contributed by atoms with Crippen molar-refractivity contribution in [2.75, 3.05) is 0 Å². The highest BCUT2D eigenvalue weighted by Gasteiger charge is 2.11. The van der Waals surface area contributed by atoms with Crippen molar-refractivity contribution in [2.24, 2.45) is 0 Å². The maximum absolute atomic E-state index is 10.5. The van der Waals surface area contributed by atoms with Gasteiger partial charge in [-0.2, -0.15) is 8.42 Å². The van der Waals surface area contributed by atoms with Gasteiger partial charge in [-0.15, -0.1) is 0 Å². The van der Waals surface area contributed by atoms with Gasteiger partial charge in [0.2, 0.25) is 0 Å². The predicted molar refractivity (Wildman–Crippen MR) is 126 cm³/mol. The van der Waals surface area contributed by atoms with E-state index in [0.717, 1.165) is 11.3 Å². The van der Waals surface area contributed by atoms with E-state index in [0.29, 0.717) is 0 Å². The Kier molecular flexibility index (Phi) is 7.85. The number of halogens is 1. The summed E-state index contributed by atoms with van der Waals surface area (Å²) in [5.74, 6) is 0.914. The molecule has 3 rings (SSSR count). The number of benzene rings is 3. The molecule has 0 saturated carbocycles. The van der Waals surface area contributed by atoms with Crippen LogP contribution in [0.15, 0.2) is 77.7 Å². The molecule has 1 N–H and O–H groups in total. The lowest BCUT2D eigenvalue weighted by Gasteiger charge is -2.21. The van der Waals surface area contributed by atoms with Crippen molar-refractivity contribution in [3.05, 3.63) is 81.9 Å². The van der Waals surface area contributed by atoms with Gasteiger partial charge in [-0.25, -0.2) is 0 Å². The first-order chi connectivity index (χ1) is 13.5. The van der Waals surface area contributed by atoms with Gasteiger partial charge >= 0.3 is 0 Å². The van der Waals surface area contributed by atoms with E-state index in [-0.39, 0.29) is 10.5 Å². The summed E-state index contributed by atoms with van der Waals surface area (Å²) in [7, 11) is -4.02. The molecule has 0 unspecified atom stereocenters. The second kappa shape index (κ2) is 9.73. The van der Waals surface area contributed by atoms with Crippen LogP contribution in [0.25, 0.3) is 11.1 Å². The van der Waals surface area contributed by atoms with Gasteiger partial charge in [-0.1, -0.05) is 48.0 Å². The van der Waals surface area contributed by atoms with Crippen molar-refractivity contribution < 1.29 is 17.7 Å². The topological polar surface area (TPSA) is 63.6 Å². The summed E-state index contributed by atoms with van der Waals surface area (Å²) >= 11 is 2.36. The largest absolute Gasteiger partial charge is 0.488 e. The Bertz CT molecular complexity index is 1040. The molecule has 0 aromatic heterocycles. The van der Waals surface area contributed by atoms with E-state index in [9.17, 15) is 8.42 Å². The highest BCUT2D eigenvalue weighted by atomic mass is 127. The number of rotatable bonds is 3. The Morgan fingerprint density at radius 2 is 1.41 bits per heavy atom. The summed E-state index contributed by atoms with van der Waals surface area (Å²) in [4.78, 5) is -0.0666. The molecule has 154 valence electrons. The number of ether oxygens (including phenoxy) is 1. The van der Waals surface area contributed by atoms with Crippen molar-refractivity contribution in [1.82, 2.24) is 0 Å². The number of aryl methyl sites for hydroxylation is 1. The maximum atomic E-state index is 10.5. The third kappa shape index (κ3) is 7.79. The minimum absolute atomic E-state index is 0.0666. The molecule has 0 fully saturated rings. The van der Waals surface area contributed by atoms with Gasteiger partial charge in [0.15, 0.2) is 0 Å². The van der Waals surface area contributed by atoms with Crippen LogP contribution in [0.5, 0.6) is 5.75 Å². The summed E-state index contributed by atoms with van der Waals surface area (Å²) in [6.07, 6.45) is 0. The van der Waals surface area contributed by atoms with Crippen molar-refractivity contribution in [3.8, 4) is 16.9 Å². The Morgan fingerprint density at radius 1 is 0.862 bits per heavy atom. The van der Waals surface area contributed by atoms with Crippen LogP contribution in [-0.4, -0.2) is 18.6 Å². The second-order valence-corrected chi connectivity index (χ2v) is 10.1. The van der Waals surface area contributed by atoms with E-state index in [1.807, 2.05) is 19.1 Å². The zero-order chi connectivity index (χ0) is 21.7. The first kappa shape index (κ1) is 23.4. The fourth-order valence-electron chi connectivity index (χ4n) is 2.46. The molecule has 0 atom stereocenters. The fourth-order valence-corrected chi connectivity index (χ4v) is 3.64. The minimum atomic E-state index is -4.02. The molecule has 0 heterocycles. The quantitative estimate of drug-likeness (QED) is 0.319. The Balaban J connectivity index is 0.000000234. The molecule has 0 saturated heterocycles. The van der Waals surface area contributed by atoms with E-state index in [1.54, 1.807) is 12.1 Å². The van der Waals surface area contributed by atoms with Gasteiger partial charge in [0, 0.05) is 3.57 Å². The van der Waals surface area contributed by atoms with Crippen LogP contribution in [0.3, 0.4) is 0 Å². The molecule has 0 aliphatic heterocycles. The number of hydrogen-bond donors (Lipinski definition) is 1. The summed E-state index contributed by atoms with van der Waals surface area (Å²) in [5, 5.41) is 0. The van der Waals surface area contributed by atoms with Crippen LogP contribution in [0.1, 0.15) is 26.3 Å². The molecule has 3 aromatic rings. The monoisotopic (exact) mass is 524 g/mol. The lowest BCUT2D eigenvalue weighted by atomic mass is 10.1. The van der Waals surface area contributed by atoms with Crippen molar-refractivity contribution in [1.29, 1.82) is 0 Å². The molecule has 6 heteroatoms. The molecule has 29 heavy (non-hydrogen) atoms. The molecular formula is C23H25IO4S. The number of hydrogen-bond acceptors (Lipinski definition) is 3. The highest BCUT2D eigenvalue weighted by molar-refractivity contribution is 14.1. The van der Waals surface area contributed by atoms with Crippen molar-refractivity contribution in [2.45, 2.75) is 38.2 Å². The summed E-state index contributed by atoms with van der Waals surface area (Å²) in [5.41, 5.74) is 3.29. The molecule has 0 aliphatic rings. The molecule has 0 bridgehead atoms. The summed E-state index contributed by atoms with van der Waals surface area (Å²) in [6.45, 7) is 8.01. The molecular weight excluding hydrogens is 499 g/mol. The molecule has 3 aromatic carbocycles. The van der Waals surface area contributed by atoms with Gasteiger partial charge < -0.3 is 4.74 Å². The van der Waals surface area contributed by atoms with Gasteiger partial charge in [-0.3, -0.25) is 4.55 Å². The third-order valence-corrected chi connectivity index (χ3v) is 5.59. The van der Waals surface area contributed by atoms with E-state index in [4.69, 9.17) is 9.29 Å². The summed E-state index contributed by atoms with van der Waals surface area (Å²) < 4.78 is 36.6. The van der Waals surface area contributed by atoms with E-state index in [1.165, 1.54) is 26.8 Å². The lowest BCUT2D eigenvalue weighted by molar-refractivity contribution is 0.131. The Morgan fingerprint density at radius 3 is 1.90 bits per heavy atom. The van der Waals surface area contributed by atoms with Crippen LogP contribution in [0.4, 0.5) is 0 Å². The SMILES string of the molecule is CC(C)(C)Oc1ccc(-c2ccccc2I)cc1.Cc1ccc(S(=O)(=O)O)cc1. The Hall–Kier alpha value is -1.90. The van der Waals surface area contributed by atoms with Crippen LogP contribution in [-0.2, 0) is 10.1 Å². The van der Waals surface area contributed by atoms with E-state index < -0.39 is 10.1 Å². The predicted octanol–water partition coefficient (Wildman–Crippen LogP) is 6.38. The van der Waals surface area contributed by atoms with Gasteiger partial charge in [-0.05, 0) is 91.7 Å². The average Bonchev–Trinajstić information content (AvgIpc) is 2.62. The van der Waals surface area contributed by atoms with Gasteiger partial charge in [0.05, 0.1) is 4.90 Å². The zero-order valence-corrected chi connectivity index (χ0v) is 19.9. The molecule has 0 spiro atoms. The van der Waals surface area contributed by atoms with Crippen LogP contribution >= 0.6 is 22.6 Å². The normalized spacial score (nSPS) is 11.4. The van der Waals surface area contributed by atoms with Crippen LogP contribution < -0.4 is 4.74 Å². The molecule has 0 amide bonds. The lowest BCUT2D eigenvalue weighted by Crippen LogP contribution is -2.22. The molecule has 0 radical (unpaired) electrons. The Labute approximate surface area is 186 Å². The van der Waals surface area contributed by atoms with Gasteiger partial charge in [0.1, 0.15) is 11.4 Å². The van der Waals surface area contributed by atoms with E-state index >= 15 is 0 Å². The minimum Gasteiger partial charge on any atom is -0.488 e. The smallest absolute Gasteiger partial charge is 0.294 e. The van der Waals surface area contributed by atoms with Crippen LogP contribution in [0.2, 0.25) is 0 Å². The average molecular weight is 524 g/mol. The molecule has 4 nitrogen and oxygen atoms in total. The first-order valence-electron chi connectivity index (χ1n) is 9.04. The second-order valence-electron chi connectivity index (χ2n) is 7.51. The molecule has 0 aliphatic carbocycles. The first-order valence-corrected chi connectivity index (χ1v) is 11.6. The van der Waals surface area contributed by atoms with Crippen molar-refractivity contribution >= 4 is 32.7 Å². The van der Waals surface area contributed by atoms with Gasteiger partial charge in [0.25, 0.3) is 10.1 Å². The maximum Gasteiger partial charge on any atom is 0.294 e. The summed E-state index contributed by atoms with van der Waals surface area (Å²) in [6, 6.07) is 22.7. The zero-order valence-electron chi connectivity index (χ0n) is 16.9. The van der Waals surface area contributed by atoms with Crippen LogP contribution in [0, 0.1) is 10.5 Å².